The number of carbonyl (C=O) groups is 3. The Hall–Kier alpha value is -3.43. The molecule has 28 heavy (non-hydrogen) atoms. The molecule has 0 aromatic heterocycles. The van der Waals surface area contributed by atoms with Crippen molar-refractivity contribution in [2.75, 3.05) is 0 Å². The van der Waals surface area contributed by atoms with E-state index in [1.54, 1.807) is 0 Å². The number of amides is 1. The van der Waals surface area contributed by atoms with Crippen LogP contribution in [-0.2, 0) is 20.8 Å². The van der Waals surface area contributed by atoms with E-state index in [0.29, 0.717) is 0 Å². The van der Waals surface area contributed by atoms with E-state index in [-0.39, 0.29) is 17.7 Å². The van der Waals surface area contributed by atoms with E-state index < -0.39 is 51.8 Å². The average Bonchev–Trinajstić information content (AvgIpc) is 2.59. The van der Waals surface area contributed by atoms with Gasteiger partial charge in [0.05, 0.1) is 28.4 Å². The summed E-state index contributed by atoms with van der Waals surface area (Å²) in [5, 5.41) is 32.8. The molecule has 0 aliphatic carbocycles. The number of carboxylic acids is 1. The largest absolute Gasteiger partial charge is 0.472 e. The zero-order valence-corrected chi connectivity index (χ0v) is 15.0. The highest BCUT2D eigenvalue weighted by Gasteiger charge is 2.59. The summed E-state index contributed by atoms with van der Waals surface area (Å²) in [6, 6.07) is 4.55. The molecule has 1 fully saturated rings. The smallest absolute Gasteiger partial charge is 0.441 e. The van der Waals surface area contributed by atoms with Gasteiger partial charge in [-0.15, -0.1) is 0 Å². The number of β-lactam (4-membered cyclic amide) rings is 1. The summed E-state index contributed by atoms with van der Waals surface area (Å²) in [5.74, 6) is -4.50. The van der Waals surface area contributed by atoms with Gasteiger partial charge in [-0.1, -0.05) is 18.2 Å². The molecule has 11 nitrogen and oxygen atoms in total. The summed E-state index contributed by atoms with van der Waals surface area (Å²) < 4.78 is 0. The van der Waals surface area contributed by atoms with Gasteiger partial charge in [-0.2, -0.15) is 4.79 Å². The fourth-order valence-corrected chi connectivity index (χ4v) is 3.47. The fraction of sp³-hybridized carbons (Fsp3) is 0.412. The van der Waals surface area contributed by atoms with Gasteiger partial charge in [0.1, 0.15) is 0 Å². The van der Waals surface area contributed by atoms with E-state index in [9.17, 15) is 29.6 Å². The minimum atomic E-state index is -1.79. The lowest BCUT2D eigenvalue weighted by atomic mass is 9.63. The highest BCUT2D eigenvalue weighted by atomic mass is 16.6. The van der Waals surface area contributed by atoms with Gasteiger partial charge in [-0.3, -0.25) is 19.7 Å². The number of carboxylic acid groups (broad SMARTS) is 1. The van der Waals surface area contributed by atoms with Crippen molar-refractivity contribution in [3.63, 3.8) is 0 Å². The lowest BCUT2D eigenvalue weighted by Crippen LogP contribution is -2.70. The van der Waals surface area contributed by atoms with Gasteiger partial charge >= 0.3 is 11.7 Å². The SMILES string of the molecule is C[C@@H](O)[C@H]1C(=O)N[C@H]1C(C)(Cc1ccccc1[N+](=O)[O-])C(=O)C(=[N+]=[N-])C(=O)O. The van der Waals surface area contributed by atoms with E-state index in [2.05, 4.69) is 10.1 Å². The zero-order valence-electron chi connectivity index (χ0n) is 15.0. The first-order chi connectivity index (χ1) is 13.0. The second-order valence-corrected chi connectivity index (χ2v) is 6.82. The molecule has 11 heteroatoms. The molecule has 0 radical (unpaired) electrons. The van der Waals surface area contributed by atoms with Crippen LogP contribution >= 0.6 is 0 Å². The van der Waals surface area contributed by atoms with E-state index in [0.717, 1.165) is 0 Å². The van der Waals surface area contributed by atoms with Crippen molar-refractivity contribution in [2.24, 2.45) is 11.3 Å². The highest BCUT2D eigenvalue weighted by molar-refractivity contribution is 6.63. The first-order valence-electron chi connectivity index (χ1n) is 8.25. The van der Waals surface area contributed by atoms with Crippen LogP contribution in [0.15, 0.2) is 24.3 Å². The summed E-state index contributed by atoms with van der Waals surface area (Å²) in [7, 11) is 0. The Labute approximate surface area is 158 Å². The maximum Gasteiger partial charge on any atom is 0.441 e. The van der Waals surface area contributed by atoms with Crippen LogP contribution in [0.5, 0.6) is 0 Å². The van der Waals surface area contributed by atoms with Crippen LogP contribution in [0.2, 0.25) is 0 Å². The molecule has 0 spiro atoms. The van der Waals surface area contributed by atoms with Crippen LogP contribution in [-0.4, -0.2) is 55.4 Å². The van der Waals surface area contributed by atoms with Gasteiger partial charge in [0, 0.05) is 11.6 Å². The standard InChI is InChI=1S/C17H18N4O7/c1-8(22)11-13(19-15(11)24)17(2,14(23)12(20-18)16(25)26)7-9-5-3-4-6-10(9)21(27)28/h3-6,8,11,13,22H,7H2,1-2H3,(H,19,24)(H,25,26)/t8-,11-,13-,17?/m1/s1. The van der Waals surface area contributed by atoms with E-state index in [4.69, 9.17) is 10.6 Å². The quantitative estimate of drug-likeness (QED) is 0.106. The molecule has 1 aromatic rings. The summed E-state index contributed by atoms with van der Waals surface area (Å²) in [6.45, 7) is 2.64. The molecule has 3 N–H and O–H groups in total. The molecule has 0 saturated carbocycles. The monoisotopic (exact) mass is 390 g/mol. The van der Waals surface area contributed by atoms with Crippen LogP contribution < -0.4 is 5.32 Å². The fourth-order valence-electron chi connectivity index (χ4n) is 3.47. The van der Waals surface area contributed by atoms with E-state index in [1.165, 1.54) is 38.1 Å². The number of hydrogen-bond donors (Lipinski definition) is 3. The maximum atomic E-state index is 13.0. The normalized spacial score (nSPS) is 21.3. The van der Waals surface area contributed by atoms with Gasteiger partial charge in [0.15, 0.2) is 0 Å². The molecular formula is C17H18N4O7. The van der Waals surface area contributed by atoms with Crippen LogP contribution in [0.3, 0.4) is 0 Å². The lowest BCUT2D eigenvalue weighted by Gasteiger charge is -2.47. The Morgan fingerprint density at radius 3 is 2.50 bits per heavy atom. The van der Waals surface area contributed by atoms with Crippen molar-refractivity contribution >= 4 is 29.1 Å². The first kappa shape index (κ1) is 20.9. The van der Waals surface area contributed by atoms with Crippen LogP contribution in [0.25, 0.3) is 5.53 Å². The van der Waals surface area contributed by atoms with Crippen LogP contribution in [0.1, 0.15) is 19.4 Å². The summed E-state index contributed by atoms with van der Waals surface area (Å²) in [6.07, 6.45) is -1.49. The molecule has 1 aliphatic heterocycles. The number of nitrogens with one attached hydrogen (secondary N) is 1. The number of nitro benzene ring substituents is 1. The molecule has 1 heterocycles. The molecule has 1 amide bonds. The molecule has 1 aromatic carbocycles. The third-order valence-electron chi connectivity index (χ3n) is 4.95. The number of aliphatic hydroxyl groups is 1. The molecular weight excluding hydrogens is 372 g/mol. The Bertz CT molecular complexity index is 907. The van der Waals surface area contributed by atoms with Gasteiger partial charge in [0.2, 0.25) is 5.91 Å². The third-order valence-corrected chi connectivity index (χ3v) is 4.95. The number of nitrogens with zero attached hydrogens (tertiary/aromatic N) is 3. The zero-order chi connectivity index (χ0) is 21.2. The first-order valence-corrected chi connectivity index (χ1v) is 8.25. The van der Waals surface area contributed by atoms with E-state index >= 15 is 0 Å². The molecule has 1 unspecified atom stereocenters. The Balaban J connectivity index is 2.59. The Morgan fingerprint density at radius 1 is 1.43 bits per heavy atom. The van der Waals surface area contributed by atoms with Crippen molar-refractivity contribution in [1.82, 2.24) is 5.32 Å². The summed E-state index contributed by atoms with van der Waals surface area (Å²) in [5.41, 5.74) is 5.90. The lowest BCUT2D eigenvalue weighted by molar-refractivity contribution is -0.385. The predicted octanol–water partition coefficient (Wildman–Crippen LogP) is -0.0365. The number of hydrogen-bond acceptors (Lipinski definition) is 6. The number of carbonyl (C=O) groups excluding carboxylic acids is 2. The molecule has 1 saturated heterocycles. The van der Waals surface area contributed by atoms with Crippen molar-refractivity contribution in [3.05, 3.63) is 45.5 Å². The summed E-state index contributed by atoms with van der Waals surface area (Å²) >= 11 is 0. The molecule has 2 rings (SSSR count). The summed E-state index contributed by atoms with van der Waals surface area (Å²) in [4.78, 5) is 49.3. The van der Waals surface area contributed by atoms with Crippen molar-refractivity contribution in [2.45, 2.75) is 32.4 Å². The number of nitro groups is 1. The average molecular weight is 390 g/mol. The second kappa shape index (κ2) is 7.67. The number of rotatable bonds is 8. The number of aliphatic carboxylic acids is 1. The predicted molar refractivity (Wildman–Crippen MR) is 93.3 cm³/mol. The molecule has 1 aliphatic rings. The van der Waals surface area contributed by atoms with Crippen molar-refractivity contribution in [3.8, 4) is 0 Å². The Morgan fingerprint density at radius 2 is 2.04 bits per heavy atom. The van der Waals surface area contributed by atoms with Gasteiger partial charge in [0.25, 0.3) is 11.5 Å². The van der Waals surface area contributed by atoms with Crippen molar-refractivity contribution < 1.29 is 34.3 Å². The number of benzene rings is 1. The van der Waals surface area contributed by atoms with Crippen LogP contribution in [0, 0.1) is 21.4 Å². The molecule has 0 bridgehead atoms. The number of Topliss-reactive ketones (excluding diaryl/α,β-unsaturated/α-hetero) is 1. The highest BCUT2D eigenvalue weighted by Crippen LogP contribution is 2.40. The topological polar surface area (TPSA) is 183 Å². The van der Waals surface area contributed by atoms with Gasteiger partial charge < -0.3 is 21.1 Å². The molecule has 148 valence electrons. The van der Waals surface area contributed by atoms with Gasteiger partial charge in [-0.05, 0) is 20.3 Å². The van der Waals surface area contributed by atoms with Crippen LogP contribution in [0.4, 0.5) is 5.69 Å². The minimum absolute atomic E-state index is 0.122. The van der Waals surface area contributed by atoms with Gasteiger partial charge in [-0.25, -0.2) is 4.79 Å². The number of aliphatic hydroxyl groups excluding tert-OH is 1. The second-order valence-electron chi connectivity index (χ2n) is 6.82. The maximum absolute atomic E-state index is 13.0. The van der Waals surface area contributed by atoms with E-state index in [1.807, 2.05) is 0 Å². The third kappa shape index (κ3) is 3.53. The molecule has 4 atom stereocenters. The Kier molecular flexibility index (Phi) is 5.72. The number of ketones is 1. The number of para-hydroxylation sites is 1. The van der Waals surface area contributed by atoms with Crippen molar-refractivity contribution in [1.29, 1.82) is 0 Å². The minimum Gasteiger partial charge on any atom is -0.472 e.